The minimum absolute atomic E-state index is 0.0204. The number of ketones is 1. The second kappa shape index (κ2) is 9.55. The number of nitrogens with one attached hydrogen (secondary N) is 1. The van der Waals surface area contributed by atoms with Crippen molar-refractivity contribution in [3.63, 3.8) is 0 Å². The molecular formula is C23H23NO4. The number of carbonyl (C=O) groups excluding carboxylic acids is 2. The number of rotatable bonds is 9. The largest absolute Gasteiger partial charge is 0.484 e. The molecule has 5 heteroatoms. The number of ether oxygens (including phenoxy) is 1. The molecule has 1 aromatic heterocycles. The molecule has 0 saturated carbocycles. The van der Waals surface area contributed by atoms with Crippen molar-refractivity contribution >= 4 is 11.7 Å². The Labute approximate surface area is 164 Å². The first-order valence-electron chi connectivity index (χ1n) is 9.26. The average molecular weight is 377 g/mol. The molecule has 0 aliphatic rings. The summed E-state index contributed by atoms with van der Waals surface area (Å²) in [4.78, 5) is 24.4. The summed E-state index contributed by atoms with van der Waals surface area (Å²) in [6.07, 6.45) is 3.20. The van der Waals surface area contributed by atoms with Crippen molar-refractivity contribution in [2.24, 2.45) is 0 Å². The summed E-state index contributed by atoms with van der Waals surface area (Å²) in [5.41, 5.74) is 1.22. The highest BCUT2D eigenvalue weighted by Gasteiger charge is 2.11. The zero-order valence-electron chi connectivity index (χ0n) is 15.8. The third kappa shape index (κ3) is 5.58. The predicted octanol–water partition coefficient (Wildman–Crippen LogP) is 4.03. The Balaban J connectivity index is 1.44. The molecule has 0 saturated heterocycles. The van der Waals surface area contributed by atoms with Gasteiger partial charge in [-0.05, 0) is 49.7 Å². The minimum atomic E-state index is -0.184. The zero-order chi connectivity index (χ0) is 19.8. The van der Waals surface area contributed by atoms with Gasteiger partial charge in [0.05, 0.1) is 6.26 Å². The van der Waals surface area contributed by atoms with Gasteiger partial charge < -0.3 is 14.5 Å². The van der Waals surface area contributed by atoms with Crippen molar-refractivity contribution in [3.8, 4) is 5.75 Å². The van der Waals surface area contributed by atoms with Gasteiger partial charge in [0.2, 0.25) is 0 Å². The predicted molar refractivity (Wildman–Crippen MR) is 106 cm³/mol. The van der Waals surface area contributed by atoms with E-state index in [1.54, 1.807) is 42.7 Å². The number of carbonyl (C=O) groups is 2. The fraction of sp³-hybridized carbons (Fsp3) is 0.217. The molecule has 2 aromatic carbocycles. The summed E-state index contributed by atoms with van der Waals surface area (Å²) in [6.45, 7) is 1.88. The van der Waals surface area contributed by atoms with E-state index in [4.69, 9.17) is 9.15 Å². The molecule has 5 nitrogen and oxygen atoms in total. The van der Waals surface area contributed by atoms with Crippen LogP contribution in [-0.2, 0) is 11.2 Å². The second-order valence-corrected chi connectivity index (χ2v) is 6.59. The fourth-order valence-corrected chi connectivity index (χ4v) is 2.81. The van der Waals surface area contributed by atoms with E-state index in [2.05, 4.69) is 5.32 Å². The maximum absolute atomic E-state index is 12.4. The second-order valence-electron chi connectivity index (χ2n) is 6.59. The van der Waals surface area contributed by atoms with Crippen LogP contribution in [0.1, 0.15) is 35.0 Å². The van der Waals surface area contributed by atoms with Gasteiger partial charge in [0, 0.05) is 23.6 Å². The van der Waals surface area contributed by atoms with Crippen LogP contribution in [0.5, 0.6) is 5.75 Å². The van der Waals surface area contributed by atoms with Crippen molar-refractivity contribution in [3.05, 3.63) is 89.9 Å². The Morgan fingerprint density at radius 2 is 1.68 bits per heavy atom. The summed E-state index contributed by atoms with van der Waals surface area (Å²) in [7, 11) is 0. The van der Waals surface area contributed by atoms with Crippen LogP contribution in [0.2, 0.25) is 0 Å². The summed E-state index contributed by atoms with van der Waals surface area (Å²) in [5.74, 6) is 1.22. The molecule has 0 bridgehead atoms. The lowest BCUT2D eigenvalue weighted by Crippen LogP contribution is -2.36. The highest BCUT2D eigenvalue weighted by atomic mass is 16.5. The molecule has 1 amide bonds. The Kier molecular flexibility index (Phi) is 6.63. The summed E-state index contributed by atoms with van der Waals surface area (Å²) in [6, 6.07) is 19.7. The molecule has 0 aliphatic heterocycles. The van der Waals surface area contributed by atoms with E-state index in [9.17, 15) is 9.59 Å². The van der Waals surface area contributed by atoms with Gasteiger partial charge in [0.15, 0.2) is 12.4 Å². The molecule has 0 unspecified atom stereocenters. The molecule has 28 heavy (non-hydrogen) atoms. The first-order valence-corrected chi connectivity index (χ1v) is 9.26. The van der Waals surface area contributed by atoms with Crippen molar-refractivity contribution in [1.29, 1.82) is 0 Å². The number of benzene rings is 2. The maximum atomic E-state index is 12.4. The van der Waals surface area contributed by atoms with E-state index in [-0.39, 0.29) is 24.3 Å². The van der Waals surface area contributed by atoms with Crippen LogP contribution in [0.15, 0.2) is 77.4 Å². The Hall–Kier alpha value is -3.34. The molecule has 1 N–H and O–H groups in total. The van der Waals surface area contributed by atoms with Crippen LogP contribution in [0.25, 0.3) is 0 Å². The molecule has 1 atom stereocenters. The quantitative estimate of drug-likeness (QED) is 0.572. The molecule has 0 aliphatic carbocycles. The maximum Gasteiger partial charge on any atom is 0.258 e. The first-order chi connectivity index (χ1) is 13.6. The van der Waals surface area contributed by atoms with Crippen molar-refractivity contribution in [1.82, 2.24) is 5.32 Å². The van der Waals surface area contributed by atoms with Gasteiger partial charge in [0.1, 0.15) is 11.5 Å². The third-order valence-corrected chi connectivity index (χ3v) is 4.33. The van der Waals surface area contributed by atoms with Crippen molar-refractivity contribution in [2.45, 2.75) is 25.8 Å². The molecule has 0 spiro atoms. The van der Waals surface area contributed by atoms with E-state index in [1.165, 1.54) is 0 Å². The number of hydrogen-bond donors (Lipinski definition) is 1. The van der Waals surface area contributed by atoms with Gasteiger partial charge in [-0.1, -0.05) is 30.3 Å². The molecule has 0 radical (unpaired) electrons. The van der Waals surface area contributed by atoms with E-state index in [0.29, 0.717) is 16.9 Å². The van der Waals surface area contributed by atoms with Gasteiger partial charge in [-0.2, -0.15) is 0 Å². The molecule has 3 rings (SSSR count). The minimum Gasteiger partial charge on any atom is -0.484 e. The lowest BCUT2D eigenvalue weighted by Gasteiger charge is -2.13. The van der Waals surface area contributed by atoms with Gasteiger partial charge in [-0.15, -0.1) is 0 Å². The molecule has 3 aromatic rings. The van der Waals surface area contributed by atoms with E-state index < -0.39 is 0 Å². The lowest BCUT2D eigenvalue weighted by atomic mass is 10.0. The number of aryl methyl sites for hydroxylation is 1. The first kappa shape index (κ1) is 19.4. The Morgan fingerprint density at radius 1 is 0.964 bits per heavy atom. The van der Waals surface area contributed by atoms with Crippen LogP contribution in [0.3, 0.4) is 0 Å². The summed E-state index contributed by atoms with van der Waals surface area (Å²) in [5, 5.41) is 2.90. The van der Waals surface area contributed by atoms with Gasteiger partial charge in [0.25, 0.3) is 5.91 Å². The van der Waals surface area contributed by atoms with Crippen molar-refractivity contribution in [2.75, 3.05) is 6.61 Å². The van der Waals surface area contributed by atoms with E-state index in [0.717, 1.165) is 18.6 Å². The highest BCUT2D eigenvalue weighted by molar-refractivity contribution is 6.08. The smallest absolute Gasteiger partial charge is 0.258 e. The molecular weight excluding hydrogens is 354 g/mol. The lowest BCUT2D eigenvalue weighted by molar-refractivity contribution is -0.123. The monoisotopic (exact) mass is 377 g/mol. The molecule has 1 heterocycles. The number of amides is 1. The molecule has 0 fully saturated rings. The van der Waals surface area contributed by atoms with Gasteiger partial charge in [-0.3, -0.25) is 9.59 Å². The van der Waals surface area contributed by atoms with Crippen molar-refractivity contribution < 1.29 is 18.7 Å². The standard InChI is InChI=1S/C23H23NO4/c1-17(9-12-20-8-5-15-27-20)24-22(25)16-28-21-13-10-19(11-14-21)23(26)18-6-3-2-4-7-18/h2-8,10-11,13-15,17H,9,12,16H2,1H3,(H,24,25)/t17-/m1/s1. The van der Waals surface area contributed by atoms with Gasteiger partial charge >= 0.3 is 0 Å². The third-order valence-electron chi connectivity index (χ3n) is 4.33. The number of furan rings is 1. The van der Waals surface area contributed by atoms with E-state index >= 15 is 0 Å². The van der Waals surface area contributed by atoms with Crippen LogP contribution >= 0.6 is 0 Å². The fourth-order valence-electron chi connectivity index (χ4n) is 2.81. The Morgan fingerprint density at radius 3 is 2.36 bits per heavy atom. The highest BCUT2D eigenvalue weighted by Crippen LogP contribution is 2.15. The summed E-state index contributed by atoms with van der Waals surface area (Å²) >= 11 is 0. The summed E-state index contributed by atoms with van der Waals surface area (Å²) < 4.78 is 10.8. The normalized spacial score (nSPS) is 11.6. The van der Waals surface area contributed by atoms with Crippen LogP contribution in [-0.4, -0.2) is 24.3 Å². The van der Waals surface area contributed by atoms with E-state index in [1.807, 2.05) is 37.3 Å². The molecule has 144 valence electrons. The SMILES string of the molecule is C[C@H](CCc1ccco1)NC(=O)COc1ccc(C(=O)c2ccccc2)cc1. The Bertz CT molecular complexity index is 886. The number of hydrogen-bond acceptors (Lipinski definition) is 4. The van der Waals surface area contributed by atoms with Crippen LogP contribution in [0.4, 0.5) is 0 Å². The topological polar surface area (TPSA) is 68.5 Å². The zero-order valence-corrected chi connectivity index (χ0v) is 15.8. The van der Waals surface area contributed by atoms with Crippen LogP contribution < -0.4 is 10.1 Å². The van der Waals surface area contributed by atoms with Crippen LogP contribution in [0, 0.1) is 0 Å². The van der Waals surface area contributed by atoms with Gasteiger partial charge in [-0.25, -0.2) is 0 Å². The average Bonchev–Trinajstić information content (AvgIpc) is 3.25.